The highest BCUT2D eigenvalue weighted by atomic mass is 79.9. The zero-order valence-electron chi connectivity index (χ0n) is 9.20. The Morgan fingerprint density at radius 3 is 3.00 bits per heavy atom. The normalized spacial score (nSPS) is 20.4. The van der Waals surface area contributed by atoms with E-state index in [-0.39, 0.29) is 17.2 Å². The lowest BCUT2D eigenvalue weighted by Gasteiger charge is -2.30. The maximum Gasteiger partial charge on any atom is 0.257 e. The molecule has 5 heteroatoms. The molecule has 1 amide bonds. The van der Waals surface area contributed by atoms with Crippen molar-refractivity contribution in [1.82, 2.24) is 4.90 Å². The zero-order chi connectivity index (χ0) is 12.4. The molecule has 3 nitrogen and oxygen atoms in total. The summed E-state index contributed by atoms with van der Waals surface area (Å²) in [6.45, 7) is 1.40. The topological polar surface area (TPSA) is 40.5 Å². The van der Waals surface area contributed by atoms with Crippen LogP contribution >= 0.6 is 27.5 Å². The van der Waals surface area contributed by atoms with E-state index in [0.717, 1.165) is 19.4 Å². The molecule has 1 N–H and O–H groups in total. The minimum atomic E-state index is -0.158. The van der Waals surface area contributed by atoms with Gasteiger partial charge in [0.15, 0.2) is 0 Å². The fourth-order valence-electron chi connectivity index (χ4n) is 1.96. The first-order valence-corrected chi connectivity index (χ1v) is 6.79. The number of rotatable bonds is 1. The van der Waals surface area contributed by atoms with E-state index in [0.29, 0.717) is 16.4 Å². The summed E-state index contributed by atoms with van der Waals surface area (Å²) in [5.41, 5.74) is 0.277. The van der Waals surface area contributed by atoms with Gasteiger partial charge in [-0.1, -0.05) is 27.5 Å². The quantitative estimate of drug-likeness (QED) is 0.809. The van der Waals surface area contributed by atoms with Crippen LogP contribution in [0, 0.1) is 0 Å². The largest absolute Gasteiger partial charge is 0.507 e. The van der Waals surface area contributed by atoms with Gasteiger partial charge in [0.25, 0.3) is 5.91 Å². The molecule has 1 heterocycles. The van der Waals surface area contributed by atoms with Crippen molar-refractivity contribution in [1.29, 1.82) is 0 Å². The predicted molar refractivity (Wildman–Crippen MR) is 71.0 cm³/mol. The van der Waals surface area contributed by atoms with E-state index in [1.54, 1.807) is 11.0 Å². The smallest absolute Gasteiger partial charge is 0.257 e. The molecule has 1 atom stereocenters. The highest BCUT2D eigenvalue weighted by molar-refractivity contribution is 9.09. The van der Waals surface area contributed by atoms with E-state index in [4.69, 9.17) is 11.6 Å². The van der Waals surface area contributed by atoms with Crippen molar-refractivity contribution in [3.63, 3.8) is 0 Å². The Morgan fingerprint density at radius 2 is 2.29 bits per heavy atom. The third-order valence-electron chi connectivity index (χ3n) is 2.84. The molecule has 1 aliphatic heterocycles. The van der Waals surface area contributed by atoms with Crippen molar-refractivity contribution in [2.24, 2.45) is 0 Å². The molecule has 0 bridgehead atoms. The van der Waals surface area contributed by atoms with Gasteiger partial charge in [-0.05, 0) is 31.0 Å². The molecule has 1 aliphatic rings. The lowest BCUT2D eigenvalue weighted by Crippen LogP contribution is -2.40. The van der Waals surface area contributed by atoms with Gasteiger partial charge in [-0.15, -0.1) is 0 Å². The van der Waals surface area contributed by atoms with Crippen molar-refractivity contribution in [2.45, 2.75) is 17.7 Å². The molecule has 1 fully saturated rings. The van der Waals surface area contributed by atoms with Crippen molar-refractivity contribution >= 4 is 33.4 Å². The van der Waals surface area contributed by atoms with E-state index in [9.17, 15) is 9.90 Å². The van der Waals surface area contributed by atoms with Crippen LogP contribution in [0.2, 0.25) is 5.02 Å². The lowest BCUT2D eigenvalue weighted by atomic mass is 10.1. The second-order valence-electron chi connectivity index (χ2n) is 4.15. The molecule has 0 saturated carbocycles. The van der Waals surface area contributed by atoms with Gasteiger partial charge in [-0.3, -0.25) is 4.79 Å². The Bertz CT molecular complexity index is 439. The number of alkyl halides is 1. The number of nitrogens with zero attached hydrogens (tertiary/aromatic N) is 1. The zero-order valence-corrected chi connectivity index (χ0v) is 11.5. The SMILES string of the molecule is O=C(c1cc(Cl)ccc1O)N1CCCC(Br)C1. The number of aromatic hydroxyl groups is 1. The van der Waals surface area contributed by atoms with Gasteiger partial charge in [0.2, 0.25) is 0 Å². The minimum Gasteiger partial charge on any atom is -0.507 e. The number of hydrogen-bond acceptors (Lipinski definition) is 2. The highest BCUT2D eigenvalue weighted by Crippen LogP contribution is 2.25. The number of carbonyl (C=O) groups is 1. The monoisotopic (exact) mass is 317 g/mol. The van der Waals surface area contributed by atoms with Crippen LogP contribution in [0.1, 0.15) is 23.2 Å². The minimum absolute atomic E-state index is 0.0175. The summed E-state index contributed by atoms with van der Waals surface area (Å²) in [5.74, 6) is -0.176. The number of phenols is 1. The standard InChI is InChI=1S/C12H13BrClNO2/c13-8-2-1-5-15(7-8)12(17)10-6-9(14)3-4-11(10)16/h3-4,6,8,16H,1-2,5,7H2. The second-order valence-corrected chi connectivity index (χ2v) is 5.88. The first-order valence-electron chi connectivity index (χ1n) is 5.50. The molecule has 0 radical (unpaired) electrons. The average molecular weight is 319 g/mol. The van der Waals surface area contributed by atoms with Gasteiger partial charge in [-0.25, -0.2) is 0 Å². The van der Waals surface area contributed by atoms with Crippen molar-refractivity contribution < 1.29 is 9.90 Å². The number of halogens is 2. The van der Waals surface area contributed by atoms with Gasteiger partial charge in [0, 0.05) is 22.9 Å². The third-order valence-corrected chi connectivity index (χ3v) is 3.82. The van der Waals surface area contributed by atoms with Gasteiger partial charge < -0.3 is 10.0 Å². The predicted octanol–water partition coefficient (Wildman–Crippen LogP) is 3.05. The molecule has 0 spiro atoms. The Labute approximate surface area is 114 Å². The molecule has 1 unspecified atom stereocenters. The number of amides is 1. The van der Waals surface area contributed by atoms with E-state index in [2.05, 4.69) is 15.9 Å². The molecule has 0 aliphatic carbocycles. The van der Waals surface area contributed by atoms with Crippen LogP contribution in [-0.2, 0) is 0 Å². The summed E-state index contributed by atoms with van der Waals surface area (Å²) in [6.07, 6.45) is 2.05. The third kappa shape index (κ3) is 2.93. The Morgan fingerprint density at radius 1 is 1.53 bits per heavy atom. The second kappa shape index (κ2) is 5.27. The van der Waals surface area contributed by atoms with E-state index in [1.165, 1.54) is 12.1 Å². The first kappa shape index (κ1) is 12.7. The Kier molecular flexibility index (Phi) is 3.94. The van der Waals surface area contributed by atoms with Gasteiger partial charge in [0.05, 0.1) is 5.56 Å². The highest BCUT2D eigenvalue weighted by Gasteiger charge is 2.24. The fourth-order valence-corrected chi connectivity index (χ4v) is 2.81. The summed E-state index contributed by atoms with van der Waals surface area (Å²) in [4.78, 5) is 14.3. The average Bonchev–Trinajstić information content (AvgIpc) is 2.31. The number of phenolic OH excluding ortho intramolecular Hbond substituents is 1. The van der Waals surface area contributed by atoms with Crippen LogP contribution in [0.4, 0.5) is 0 Å². The van der Waals surface area contributed by atoms with E-state index >= 15 is 0 Å². The molecule has 1 aromatic carbocycles. The lowest BCUT2D eigenvalue weighted by molar-refractivity contribution is 0.0727. The number of benzene rings is 1. The van der Waals surface area contributed by atoms with Crippen molar-refractivity contribution in [3.05, 3.63) is 28.8 Å². The summed E-state index contributed by atoms with van der Waals surface area (Å²) >= 11 is 9.36. The molecule has 2 rings (SSSR count). The van der Waals surface area contributed by atoms with Gasteiger partial charge in [-0.2, -0.15) is 0 Å². The van der Waals surface area contributed by atoms with Crippen molar-refractivity contribution in [3.8, 4) is 5.75 Å². The first-order chi connectivity index (χ1) is 8.08. The number of hydrogen-bond donors (Lipinski definition) is 1. The Balaban J connectivity index is 2.21. The number of likely N-dealkylation sites (tertiary alicyclic amines) is 1. The number of piperidine rings is 1. The maximum atomic E-state index is 12.2. The van der Waals surface area contributed by atoms with Crippen LogP contribution < -0.4 is 0 Å². The van der Waals surface area contributed by atoms with Crippen LogP contribution in [0.15, 0.2) is 18.2 Å². The molecule has 0 aromatic heterocycles. The molecular formula is C12H13BrClNO2. The van der Waals surface area contributed by atoms with Crippen LogP contribution in [0.5, 0.6) is 5.75 Å². The Hall–Kier alpha value is -0.740. The molecule has 17 heavy (non-hydrogen) atoms. The van der Waals surface area contributed by atoms with Crippen LogP contribution in [0.25, 0.3) is 0 Å². The summed E-state index contributed by atoms with van der Waals surface area (Å²) in [5, 5.41) is 10.1. The summed E-state index contributed by atoms with van der Waals surface area (Å²) in [6, 6.07) is 4.53. The number of carbonyl (C=O) groups excluding carboxylic acids is 1. The van der Waals surface area contributed by atoms with Crippen LogP contribution in [-0.4, -0.2) is 33.8 Å². The van der Waals surface area contributed by atoms with Gasteiger partial charge in [0.1, 0.15) is 5.75 Å². The van der Waals surface area contributed by atoms with E-state index < -0.39 is 0 Å². The summed E-state index contributed by atoms with van der Waals surface area (Å²) < 4.78 is 0. The molecule has 1 aromatic rings. The van der Waals surface area contributed by atoms with Crippen molar-refractivity contribution in [2.75, 3.05) is 13.1 Å². The summed E-state index contributed by atoms with van der Waals surface area (Å²) in [7, 11) is 0. The van der Waals surface area contributed by atoms with Crippen LogP contribution in [0.3, 0.4) is 0 Å². The maximum absolute atomic E-state index is 12.2. The molecule has 1 saturated heterocycles. The molecule has 92 valence electrons. The van der Waals surface area contributed by atoms with E-state index in [1.807, 2.05) is 0 Å². The van der Waals surface area contributed by atoms with Gasteiger partial charge >= 0.3 is 0 Å². The fraction of sp³-hybridized carbons (Fsp3) is 0.417. The molecular weight excluding hydrogens is 305 g/mol.